The maximum Gasteiger partial charge on any atom is 0.143 e. The first-order valence-corrected chi connectivity index (χ1v) is 7.81. The van der Waals surface area contributed by atoms with Gasteiger partial charge < -0.3 is 9.84 Å². The standard InChI is InChI=1S/C20H18N2O2/c1-2-15-8-13-20(23)19(14-15)22-21-16-9-11-18(12-10-16)24-17-6-4-3-5-7-17/h3-14,23H,2H2,1H3. The predicted octanol–water partition coefficient (Wildman–Crippen LogP) is 6.16. The van der Waals surface area contributed by atoms with E-state index in [0.29, 0.717) is 11.4 Å². The third-order valence-corrected chi connectivity index (χ3v) is 3.54. The molecule has 0 unspecified atom stereocenters. The predicted molar refractivity (Wildman–Crippen MR) is 94.6 cm³/mol. The molecular weight excluding hydrogens is 300 g/mol. The number of aromatic hydroxyl groups is 1. The summed E-state index contributed by atoms with van der Waals surface area (Å²) in [5, 5.41) is 18.1. The van der Waals surface area contributed by atoms with Crippen molar-refractivity contribution in [3.63, 3.8) is 0 Å². The molecule has 3 aromatic rings. The smallest absolute Gasteiger partial charge is 0.143 e. The topological polar surface area (TPSA) is 54.2 Å². The number of azo groups is 1. The Morgan fingerprint density at radius 1 is 0.833 bits per heavy atom. The van der Waals surface area contributed by atoms with Gasteiger partial charge in [0.05, 0.1) is 5.69 Å². The number of phenolic OH excluding ortho intramolecular Hbond substituents is 1. The highest BCUT2D eigenvalue weighted by molar-refractivity contribution is 5.53. The van der Waals surface area contributed by atoms with Crippen LogP contribution in [0.2, 0.25) is 0 Å². The minimum atomic E-state index is 0.125. The van der Waals surface area contributed by atoms with Gasteiger partial charge in [-0.25, -0.2) is 0 Å². The lowest BCUT2D eigenvalue weighted by atomic mass is 10.1. The van der Waals surface area contributed by atoms with E-state index in [0.717, 1.165) is 23.5 Å². The first-order valence-electron chi connectivity index (χ1n) is 7.81. The molecule has 0 aromatic heterocycles. The molecule has 0 bridgehead atoms. The van der Waals surface area contributed by atoms with Gasteiger partial charge in [-0.15, -0.1) is 5.11 Å². The van der Waals surface area contributed by atoms with E-state index in [1.54, 1.807) is 6.07 Å². The largest absolute Gasteiger partial charge is 0.506 e. The van der Waals surface area contributed by atoms with E-state index in [2.05, 4.69) is 17.2 Å². The van der Waals surface area contributed by atoms with Crippen LogP contribution in [0.4, 0.5) is 11.4 Å². The SMILES string of the molecule is CCc1ccc(O)c(N=Nc2ccc(Oc3ccccc3)cc2)c1. The lowest BCUT2D eigenvalue weighted by Crippen LogP contribution is -1.82. The number of rotatable bonds is 5. The minimum absolute atomic E-state index is 0.125. The number of benzene rings is 3. The van der Waals surface area contributed by atoms with Crippen molar-refractivity contribution < 1.29 is 9.84 Å². The van der Waals surface area contributed by atoms with Crippen LogP contribution in [-0.4, -0.2) is 5.11 Å². The molecule has 4 nitrogen and oxygen atoms in total. The van der Waals surface area contributed by atoms with E-state index in [-0.39, 0.29) is 5.75 Å². The van der Waals surface area contributed by atoms with Crippen LogP contribution in [0.25, 0.3) is 0 Å². The second-order valence-corrected chi connectivity index (χ2v) is 5.29. The molecule has 0 heterocycles. The maximum atomic E-state index is 9.84. The molecule has 1 N–H and O–H groups in total. The maximum absolute atomic E-state index is 9.84. The molecule has 0 aliphatic heterocycles. The number of hydrogen-bond acceptors (Lipinski definition) is 4. The lowest BCUT2D eigenvalue weighted by Gasteiger charge is -2.05. The van der Waals surface area contributed by atoms with E-state index in [1.807, 2.05) is 66.7 Å². The summed E-state index contributed by atoms with van der Waals surface area (Å²) in [6.07, 6.45) is 0.883. The molecule has 0 fully saturated rings. The van der Waals surface area contributed by atoms with Crippen molar-refractivity contribution in [1.29, 1.82) is 0 Å². The van der Waals surface area contributed by atoms with Crippen molar-refractivity contribution in [1.82, 2.24) is 0 Å². The molecule has 24 heavy (non-hydrogen) atoms. The van der Waals surface area contributed by atoms with Crippen LogP contribution in [0.3, 0.4) is 0 Å². The van der Waals surface area contributed by atoms with E-state index in [9.17, 15) is 5.11 Å². The molecule has 0 aliphatic rings. The molecule has 0 radical (unpaired) electrons. The summed E-state index contributed by atoms with van der Waals surface area (Å²) in [7, 11) is 0. The molecule has 0 saturated carbocycles. The average Bonchev–Trinajstić information content (AvgIpc) is 2.63. The fraction of sp³-hybridized carbons (Fsp3) is 0.100. The van der Waals surface area contributed by atoms with Gasteiger partial charge in [0.1, 0.15) is 22.9 Å². The highest BCUT2D eigenvalue weighted by atomic mass is 16.5. The Morgan fingerprint density at radius 2 is 1.54 bits per heavy atom. The monoisotopic (exact) mass is 318 g/mol. The Morgan fingerprint density at radius 3 is 2.25 bits per heavy atom. The zero-order chi connectivity index (χ0) is 16.8. The van der Waals surface area contributed by atoms with E-state index in [4.69, 9.17) is 4.74 Å². The van der Waals surface area contributed by atoms with Crippen molar-refractivity contribution in [3.8, 4) is 17.2 Å². The Labute approximate surface area is 141 Å². The molecule has 0 saturated heterocycles. The van der Waals surface area contributed by atoms with Crippen molar-refractivity contribution >= 4 is 11.4 Å². The summed E-state index contributed by atoms with van der Waals surface area (Å²) >= 11 is 0. The molecule has 3 aromatic carbocycles. The summed E-state index contributed by atoms with van der Waals surface area (Å²) in [6.45, 7) is 2.05. The minimum Gasteiger partial charge on any atom is -0.506 e. The number of hydrogen-bond donors (Lipinski definition) is 1. The quantitative estimate of drug-likeness (QED) is 0.572. The molecule has 4 heteroatoms. The van der Waals surface area contributed by atoms with Gasteiger partial charge in [-0.1, -0.05) is 31.2 Å². The molecule has 0 spiro atoms. The average molecular weight is 318 g/mol. The first kappa shape index (κ1) is 15.7. The van der Waals surface area contributed by atoms with Gasteiger partial charge in [-0.2, -0.15) is 5.11 Å². The number of para-hydroxylation sites is 1. The second-order valence-electron chi connectivity index (χ2n) is 5.29. The number of nitrogens with zero attached hydrogens (tertiary/aromatic N) is 2. The summed E-state index contributed by atoms with van der Waals surface area (Å²) in [5.74, 6) is 1.64. The Bertz CT molecular complexity index is 828. The van der Waals surface area contributed by atoms with Gasteiger partial charge in [0, 0.05) is 0 Å². The number of ether oxygens (including phenoxy) is 1. The fourth-order valence-electron chi connectivity index (χ4n) is 2.19. The van der Waals surface area contributed by atoms with Crippen molar-refractivity contribution in [2.45, 2.75) is 13.3 Å². The second kappa shape index (κ2) is 7.42. The Kier molecular flexibility index (Phi) is 4.87. The lowest BCUT2D eigenvalue weighted by molar-refractivity contribution is 0.476. The van der Waals surface area contributed by atoms with Crippen LogP contribution in [0, 0.1) is 0 Å². The zero-order valence-electron chi connectivity index (χ0n) is 13.4. The third-order valence-electron chi connectivity index (χ3n) is 3.54. The van der Waals surface area contributed by atoms with E-state index in [1.165, 1.54) is 0 Å². The number of aryl methyl sites for hydroxylation is 1. The Balaban J connectivity index is 1.72. The fourth-order valence-corrected chi connectivity index (χ4v) is 2.19. The molecule has 120 valence electrons. The van der Waals surface area contributed by atoms with Gasteiger partial charge in [0.25, 0.3) is 0 Å². The van der Waals surface area contributed by atoms with Gasteiger partial charge in [-0.05, 0) is 60.5 Å². The highest BCUT2D eigenvalue weighted by Gasteiger charge is 2.01. The summed E-state index contributed by atoms with van der Waals surface area (Å²) in [4.78, 5) is 0. The third kappa shape index (κ3) is 3.98. The Hall–Kier alpha value is -3.14. The van der Waals surface area contributed by atoms with E-state index < -0.39 is 0 Å². The van der Waals surface area contributed by atoms with Crippen molar-refractivity contribution in [2.75, 3.05) is 0 Å². The van der Waals surface area contributed by atoms with Crippen LogP contribution in [-0.2, 0) is 6.42 Å². The molecule has 0 aliphatic carbocycles. The molecular formula is C20H18N2O2. The van der Waals surface area contributed by atoms with Crippen LogP contribution in [0.1, 0.15) is 12.5 Å². The van der Waals surface area contributed by atoms with Gasteiger partial charge in [0.2, 0.25) is 0 Å². The van der Waals surface area contributed by atoms with Gasteiger partial charge in [-0.3, -0.25) is 0 Å². The van der Waals surface area contributed by atoms with Crippen LogP contribution in [0.5, 0.6) is 17.2 Å². The van der Waals surface area contributed by atoms with Crippen LogP contribution >= 0.6 is 0 Å². The normalized spacial score (nSPS) is 10.9. The van der Waals surface area contributed by atoms with Crippen LogP contribution in [0.15, 0.2) is 83.0 Å². The van der Waals surface area contributed by atoms with Crippen LogP contribution < -0.4 is 4.74 Å². The summed E-state index contributed by atoms with van der Waals surface area (Å²) in [6, 6.07) is 22.3. The van der Waals surface area contributed by atoms with E-state index >= 15 is 0 Å². The van der Waals surface area contributed by atoms with Gasteiger partial charge >= 0.3 is 0 Å². The van der Waals surface area contributed by atoms with Crippen molar-refractivity contribution in [3.05, 3.63) is 78.4 Å². The first-order chi connectivity index (χ1) is 11.7. The molecule has 3 rings (SSSR count). The summed E-state index contributed by atoms with van der Waals surface area (Å²) in [5.41, 5.74) is 2.27. The highest BCUT2D eigenvalue weighted by Crippen LogP contribution is 2.30. The number of phenols is 1. The van der Waals surface area contributed by atoms with Crippen molar-refractivity contribution in [2.24, 2.45) is 10.2 Å². The zero-order valence-corrected chi connectivity index (χ0v) is 13.4. The van der Waals surface area contributed by atoms with Gasteiger partial charge in [0.15, 0.2) is 0 Å². The summed E-state index contributed by atoms with van der Waals surface area (Å²) < 4.78 is 5.73. The molecule has 0 amide bonds. The molecule has 0 atom stereocenters.